The van der Waals surface area contributed by atoms with Crippen LogP contribution in [0.5, 0.6) is 0 Å². The van der Waals surface area contributed by atoms with Crippen LogP contribution in [-0.2, 0) is 0 Å². The number of carboxylic acids is 1. The van der Waals surface area contributed by atoms with Crippen molar-refractivity contribution in [1.29, 1.82) is 0 Å². The van der Waals surface area contributed by atoms with E-state index in [1.807, 2.05) is 0 Å². The molecule has 0 fully saturated rings. The molecule has 2 aromatic rings. The minimum absolute atomic E-state index is 0.194. The van der Waals surface area contributed by atoms with E-state index in [-0.39, 0.29) is 5.56 Å². The molecule has 5 nitrogen and oxygen atoms in total. The fourth-order valence-corrected chi connectivity index (χ4v) is 1.87. The Labute approximate surface area is 87.3 Å². The normalized spacial score (nSPS) is 10.7. The van der Waals surface area contributed by atoms with Crippen LogP contribution in [0, 0.1) is 6.92 Å². The van der Waals surface area contributed by atoms with Crippen LogP contribution in [0.2, 0.25) is 0 Å². The number of nitrogens with one attached hydrogen (secondary N) is 1. The number of rotatable bonds is 1. The highest BCUT2D eigenvalue weighted by Crippen LogP contribution is 2.24. The van der Waals surface area contributed by atoms with E-state index in [9.17, 15) is 4.79 Å². The van der Waals surface area contributed by atoms with Gasteiger partial charge in [0.15, 0.2) is 5.65 Å². The molecule has 0 aliphatic rings. The van der Waals surface area contributed by atoms with Crippen LogP contribution in [0.3, 0.4) is 0 Å². The Balaban J connectivity index is 2.86. The molecule has 0 bridgehead atoms. The largest absolute Gasteiger partial charge is 0.478 e. The molecular formula is C8H6BrN3O2. The molecule has 0 aromatic carbocycles. The van der Waals surface area contributed by atoms with Crippen molar-refractivity contribution in [1.82, 2.24) is 15.2 Å². The van der Waals surface area contributed by atoms with E-state index in [4.69, 9.17) is 5.11 Å². The van der Waals surface area contributed by atoms with Crippen molar-refractivity contribution in [3.05, 3.63) is 21.9 Å². The van der Waals surface area contributed by atoms with E-state index in [1.165, 1.54) is 6.20 Å². The van der Waals surface area contributed by atoms with Gasteiger partial charge in [-0.05, 0) is 28.4 Å². The molecule has 0 unspecified atom stereocenters. The topological polar surface area (TPSA) is 78.9 Å². The van der Waals surface area contributed by atoms with Crippen molar-refractivity contribution in [2.24, 2.45) is 0 Å². The van der Waals surface area contributed by atoms with Crippen molar-refractivity contribution >= 4 is 32.9 Å². The lowest BCUT2D eigenvalue weighted by Gasteiger charge is -2.00. The smallest absolute Gasteiger partial charge is 0.337 e. The maximum atomic E-state index is 10.8. The molecule has 2 heterocycles. The minimum atomic E-state index is -0.981. The van der Waals surface area contributed by atoms with Gasteiger partial charge in [-0.2, -0.15) is 5.10 Å². The Kier molecular flexibility index (Phi) is 1.99. The Morgan fingerprint density at radius 2 is 2.36 bits per heavy atom. The van der Waals surface area contributed by atoms with Gasteiger partial charge in [0.05, 0.1) is 10.9 Å². The molecule has 14 heavy (non-hydrogen) atoms. The number of hydrogen-bond acceptors (Lipinski definition) is 3. The van der Waals surface area contributed by atoms with Gasteiger partial charge in [-0.3, -0.25) is 5.10 Å². The molecule has 0 aliphatic heterocycles. The third kappa shape index (κ3) is 1.19. The van der Waals surface area contributed by atoms with Crippen molar-refractivity contribution in [3.63, 3.8) is 0 Å². The summed E-state index contributed by atoms with van der Waals surface area (Å²) < 4.78 is 0.653. The van der Waals surface area contributed by atoms with Crippen molar-refractivity contribution < 1.29 is 9.90 Å². The van der Waals surface area contributed by atoms with Crippen LogP contribution in [0.15, 0.2) is 10.8 Å². The number of carbonyl (C=O) groups is 1. The number of hydrogen-bond donors (Lipinski definition) is 2. The number of aryl methyl sites for hydroxylation is 1. The van der Waals surface area contributed by atoms with Gasteiger partial charge in [0.25, 0.3) is 0 Å². The zero-order valence-corrected chi connectivity index (χ0v) is 8.79. The molecule has 0 aliphatic carbocycles. The molecule has 2 aromatic heterocycles. The van der Waals surface area contributed by atoms with Gasteiger partial charge < -0.3 is 5.11 Å². The quantitative estimate of drug-likeness (QED) is 0.814. The van der Waals surface area contributed by atoms with E-state index in [0.717, 1.165) is 0 Å². The Hall–Kier alpha value is -1.43. The summed E-state index contributed by atoms with van der Waals surface area (Å²) in [6.07, 6.45) is 1.31. The molecule has 0 saturated heterocycles. The van der Waals surface area contributed by atoms with Gasteiger partial charge in [-0.1, -0.05) is 0 Å². The number of halogens is 1. The molecule has 0 spiro atoms. The van der Waals surface area contributed by atoms with Crippen molar-refractivity contribution in [2.45, 2.75) is 6.92 Å². The minimum Gasteiger partial charge on any atom is -0.478 e. The van der Waals surface area contributed by atoms with Crippen LogP contribution < -0.4 is 0 Å². The fraction of sp³-hybridized carbons (Fsp3) is 0.125. The van der Waals surface area contributed by atoms with Crippen LogP contribution in [-0.4, -0.2) is 26.3 Å². The number of fused-ring (bicyclic) bond motifs is 1. The van der Waals surface area contributed by atoms with E-state index in [2.05, 4.69) is 31.1 Å². The van der Waals surface area contributed by atoms with Crippen LogP contribution in [0.1, 0.15) is 15.9 Å². The summed E-state index contributed by atoms with van der Waals surface area (Å²) >= 11 is 3.25. The molecule has 0 atom stereocenters. The number of aromatic nitrogens is 3. The monoisotopic (exact) mass is 255 g/mol. The number of pyridine rings is 1. The SMILES string of the molecule is Cc1c(C(=O)O)cnc2n[nH]c(Br)c12. The second kappa shape index (κ2) is 3.06. The number of carboxylic acid groups (broad SMARTS) is 1. The first-order chi connectivity index (χ1) is 6.61. The Bertz CT molecular complexity index is 521. The third-order valence-electron chi connectivity index (χ3n) is 2.03. The maximum absolute atomic E-state index is 10.8. The van der Waals surface area contributed by atoms with Gasteiger partial charge in [0, 0.05) is 6.20 Å². The van der Waals surface area contributed by atoms with E-state index in [1.54, 1.807) is 6.92 Å². The molecule has 72 valence electrons. The molecule has 0 saturated carbocycles. The zero-order valence-electron chi connectivity index (χ0n) is 7.21. The number of aromatic carboxylic acids is 1. The van der Waals surface area contributed by atoms with Crippen LogP contribution in [0.25, 0.3) is 11.0 Å². The number of nitrogens with zero attached hydrogens (tertiary/aromatic N) is 2. The van der Waals surface area contributed by atoms with Gasteiger partial charge in [-0.25, -0.2) is 9.78 Å². The summed E-state index contributed by atoms with van der Waals surface area (Å²) in [5, 5.41) is 16.2. The summed E-state index contributed by atoms with van der Waals surface area (Å²) in [6.45, 7) is 1.73. The van der Waals surface area contributed by atoms with Crippen molar-refractivity contribution in [2.75, 3.05) is 0 Å². The van der Waals surface area contributed by atoms with Gasteiger partial charge in [-0.15, -0.1) is 0 Å². The molecular weight excluding hydrogens is 250 g/mol. The summed E-state index contributed by atoms with van der Waals surface area (Å²) in [6, 6.07) is 0. The predicted molar refractivity (Wildman–Crippen MR) is 53.3 cm³/mol. The molecule has 6 heteroatoms. The highest BCUT2D eigenvalue weighted by molar-refractivity contribution is 9.10. The standard InChI is InChI=1S/C8H6BrN3O2/c1-3-4(8(13)14)2-10-7-5(3)6(9)11-12-7/h2H,1H3,(H,13,14)(H,10,11,12). The lowest BCUT2D eigenvalue weighted by atomic mass is 10.1. The Morgan fingerprint density at radius 3 is 3.00 bits per heavy atom. The Morgan fingerprint density at radius 1 is 1.64 bits per heavy atom. The number of H-pyrrole nitrogens is 1. The van der Waals surface area contributed by atoms with Crippen LogP contribution >= 0.6 is 15.9 Å². The van der Waals surface area contributed by atoms with E-state index < -0.39 is 5.97 Å². The molecule has 0 radical (unpaired) electrons. The lowest BCUT2D eigenvalue weighted by Crippen LogP contribution is -2.00. The van der Waals surface area contributed by atoms with Crippen molar-refractivity contribution in [3.8, 4) is 0 Å². The predicted octanol–water partition coefficient (Wildman–Crippen LogP) is 1.73. The summed E-state index contributed by atoms with van der Waals surface area (Å²) in [5.74, 6) is -0.981. The van der Waals surface area contributed by atoms with E-state index >= 15 is 0 Å². The first kappa shape index (κ1) is 9.14. The first-order valence-electron chi connectivity index (χ1n) is 3.83. The first-order valence-corrected chi connectivity index (χ1v) is 4.63. The second-order valence-electron chi connectivity index (χ2n) is 2.84. The summed E-state index contributed by atoms with van der Waals surface area (Å²) in [5.41, 5.74) is 1.36. The van der Waals surface area contributed by atoms with E-state index in [0.29, 0.717) is 21.2 Å². The highest BCUT2D eigenvalue weighted by atomic mass is 79.9. The fourth-order valence-electron chi connectivity index (χ4n) is 1.31. The third-order valence-corrected chi connectivity index (χ3v) is 2.60. The second-order valence-corrected chi connectivity index (χ2v) is 3.63. The average Bonchev–Trinajstić information content (AvgIpc) is 2.48. The molecule has 2 rings (SSSR count). The zero-order chi connectivity index (χ0) is 10.3. The summed E-state index contributed by atoms with van der Waals surface area (Å²) in [7, 11) is 0. The van der Waals surface area contributed by atoms with Crippen LogP contribution in [0.4, 0.5) is 0 Å². The number of aromatic amines is 1. The van der Waals surface area contributed by atoms with Gasteiger partial charge in [0.2, 0.25) is 0 Å². The summed E-state index contributed by atoms with van der Waals surface area (Å²) in [4.78, 5) is 14.7. The lowest BCUT2D eigenvalue weighted by molar-refractivity contribution is 0.0696. The average molecular weight is 256 g/mol. The molecule has 0 amide bonds. The molecule has 2 N–H and O–H groups in total. The highest BCUT2D eigenvalue weighted by Gasteiger charge is 2.14. The van der Waals surface area contributed by atoms with Gasteiger partial charge >= 0.3 is 5.97 Å². The maximum Gasteiger partial charge on any atom is 0.337 e. The van der Waals surface area contributed by atoms with Gasteiger partial charge in [0.1, 0.15) is 4.60 Å².